The van der Waals surface area contributed by atoms with Crippen LogP contribution in [0.25, 0.3) is 16.6 Å². The number of carbonyl (C=O) groups is 2. The summed E-state index contributed by atoms with van der Waals surface area (Å²) in [6, 6.07) is 21.2. The van der Waals surface area contributed by atoms with Crippen LogP contribution in [-0.4, -0.2) is 45.7 Å². The summed E-state index contributed by atoms with van der Waals surface area (Å²) in [6.07, 6.45) is 0. The van der Waals surface area contributed by atoms with Crippen molar-refractivity contribution in [1.29, 1.82) is 0 Å². The molecule has 8 heteroatoms. The van der Waals surface area contributed by atoms with E-state index in [9.17, 15) is 14.4 Å². The Balaban J connectivity index is 1.49. The van der Waals surface area contributed by atoms with Crippen LogP contribution < -0.4 is 10.3 Å². The number of para-hydroxylation sites is 3. The first-order valence-corrected chi connectivity index (χ1v) is 11.3. The SMILES string of the molecule is COc1ccccc1-n1c(SCCN2C(=O)c3ccccc3C2=O)nc2ccccc2c1=O. The summed E-state index contributed by atoms with van der Waals surface area (Å²) in [5, 5.41) is 0.952. The van der Waals surface area contributed by atoms with Gasteiger partial charge >= 0.3 is 0 Å². The second-order valence-corrected chi connectivity index (χ2v) is 8.44. The Morgan fingerprint density at radius 3 is 2.21 bits per heavy atom. The topological polar surface area (TPSA) is 81.5 Å². The van der Waals surface area contributed by atoms with Crippen molar-refractivity contribution >= 4 is 34.5 Å². The molecular formula is C25H19N3O4S. The number of benzene rings is 3. The monoisotopic (exact) mass is 457 g/mol. The second kappa shape index (κ2) is 8.55. The van der Waals surface area contributed by atoms with Crippen molar-refractivity contribution in [3.63, 3.8) is 0 Å². The number of hydrogen-bond acceptors (Lipinski definition) is 6. The van der Waals surface area contributed by atoms with Gasteiger partial charge in [-0.15, -0.1) is 0 Å². The number of imide groups is 1. The molecule has 0 unspecified atom stereocenters. The van der Waals surface area contributed by atoms with E-state index in [0.29, 0.717) is 44.4 Å². The van der Waals surface area contributed by atoms with E-state index >= 15 is 0 Å². The zero-order valence-electron chi connectivity index (χ0n) is 17.7. The Morgan fingerprint density at radius 2 is 1.48 bits per heavy atom. The maximum absolute atomic E-state index is 13.4. The Bertz CT molecular complexity index is 1430. The summed E-state index contributed by atoms with van der Waals surface area (Å²) in [5.74, 6) is 0.319. The van der Waals surface area contributed by atoms with Gasteiger partial charge in [-0.1, -0.05) is 48.2 Å². The standard InChI is InChI=1S/C25H19N3O4S/c1-32-21-13-7-6-12-20(21)28-24(31)18-10-4-5-11-19(18)26-25(28)33-15-14-27-22(29)16-8-2-3-9-17(16)23(27)30/h2-13H,14-15H2,1H3. The Labute approximate surface area is 193 Å². The highest BCUT2D eigenvalue weighted by atomic mass is 32.2. The largest absolute Gasteiger partial charge is 0.495 e. The van der Waals surface area contributed by atoms with Gasteiger partial charge in [0.2, 0.25) is 0 Å². The lowest BCUT2D eigenvalue weighted by molar-refractivity contribution is 0.0664. The molecule has 4 aromatic rings. The lowest BCUT2D eigenvalue weighted by Gasteiger charge is -2.17. The molecule has 2 heterocycles. The van der Waals surface area contributed by atoms with Gasteiger partial charge in [-0.05, 0) is 36.4 Å². The molecule has 0 bridgehead atoms. The quantitative estimate of drug-likeness (QED) is 0.249. The van der Waals surface area contributed by atoms with Gasteiger partial charge in [0, 0.05) is 12.3 Å². The van der Waals surface area contributed by atoms with E-state index in [2.05, 4.69) is 0 Å². The minimum atomic E-state index is -0.301. The van der Waals surface area contributed by atoms with Crippen LogP contribution in [0.15, 0.2) is 82.7 Å². The molecule has 0 saturated heterocycles. The molecule has 0 spiro atoms. The third-order valence-electron chi connectivity index (χ3n) is 5.50. The number of amides is 2. The molecule has 0 radical (unpaired) electrons. The fourth-order valence-corrected chi connectivity index (χ4v) is 4.84. The molecule has 33 heavy (non-hydrogen) atoms. The minimum absolute atomic E-state index is 0.200. The Hall–Kier alpha value is -3.91. The average molecular weight is 458 g/mol. The zero-order valence-corrected chi connectivity index (χ0v) is 18.5. The third-order valence-corrected chi connectivity index (χ3v) is 6.41. The van der Waals surface area contributed by atoms with E-state index in [-0.39, 0.29) is 23.9 Å². The number of hydrogen-bond donors (Lipinski definition) is 0. The van der Waals surface area contributed by atoms with Crippen LogP contribution in [0.1, 0.15) is 20.7 Å². The van der Waals surface area contributed by atoms with Crippen molar-refractivity contribution in [3.8, 4) is 11.4 Å². The normalized spacial score (nSPS) is 12.9. The number of methoxy groups -OCH3 is 1. The van der Waals surface area contributed by atoms with Crippen LogP contribution in [0.2, 0.25) is 0 Å². The first-order chi connectivity index (χ1) is 16.1. The van der Waals surface area contributed by atoms with E-state index < -0.39 is 0 Å². The molecule has 0 saturated carbocycles. The summed E-state index contributed by atoms with van der Waals surface area (Å²) in [4.78, 5) is 44.7. The number of carbonyl (C=O) groups excluding carboxylic acids is 2. The van der Waals surface area contributed by atoms with E-state index in [0.717, 1.165) is 0 Å². The van der Waals surface area contributed by atoms with Crippen molar-refractivity contribution in [3.05, 3.63) is 94.3 Å². The Kier molecular flexibility index (Phi) is 5.43. The van der Waals surface area contributed by atoms with Crippen molar-refractivity contribution in [2.75, 3.05) is 19.4 Å². The van der Waals surface area contributed by atoms with Gasteiger partial charge in [-0.2, -0.15) is 0 Å². The van der Waals surface area contributed by atoms with E-state index in [1.807, 2.05) is 18.2 Å². The molecule has 0 fully saturated rings. The van der Waals surface area contributed by atoms with Gasteiger partial charge < -0.3 is 4.74 Å². The third kappa shape index (κ3) is 3.58. The van der Waals surface area contributed by atoms with Gasteiger partial charge in [0.05, 0.1) is 34.8 Å². The molecule has 1 aromatic heterocycles. The predicted octanol–water partition coefficient (Wildman–Crippen LogP) is 3.78. The first-order valence-electron chi connectivity index (χ1n) is 10.3. The first kappa shape index (κ1) is 21.0. The summed E-state index contributed by atoms with van der Waals surface area (Å²) in [5.41, 5.74) is 1.78. The molecular weight excluding hydrogens is 438 g/mol. The Morgan fingerprint density at radius 1 is 0.848 bits per heavy atom. The fraction of sp³-hybridized carbons (Fsp3) is 0.120. The fourth-order valence-electron chi connectivity index (χ4n) is 3.91. The second-order valence-electron chi connectivity index (χ2n) is 7.38. The molecule has 3 aromatic carbocycles. The number of nitrogens with zero attached hydrogens (tertiary/aromatic N) is 3. The van der Waals surface area contributed by atoms with Gasteiger partial charge in [0.25, 0.3) is 17.4 Å². The van der Waals surface area contributed by atoms with Gasteiger partial charge in [-0.25, -0.2) is 4.98 Å². The highest BCUT2D eigenvalue weighted by Gasteiger charge is 2.34. The van der Waals surface area contributed by atoms with E-state index in [1.54, 1.807) is 61.7 Å². The van der Waals surface area contributed by atoms with Crippen molar-refractivity contribution in [2.24, 2.45) is 0 Å². The number of thioether (sulfide) groups is 1. The zero-order chi connectivity index (χ0) is 22.9. The highest BCUT2D eigenvalue weighted by molar-refractivity contribution is 7.99. The predicted molar refractivity (Wildman–Crippen MR) is 126 cm³/mol. The average Bonchev–Trinajstić information content (AvgIpc) is 3.09. The summed E-state index contributed by atoms with van der Waals surface area (Å²) in [7, 11) is 1.55. The summed E-state index contributed by atoms with van der Waals surface area (Å²) < 4.78 is 7.00. The van der Waals surface area contributed by atoms with Crippen LogP contribution >= 0.6 is 11.8 Å². The van der Waals surface area contributed by atoms with Crippen LogP contribution in [0.5, 0.6) is 5.75 Å². The lowest BCUT2D eigenvalue weighted by atomic mass is 10.1. The van der Waals surface area contributed by atoms with Crippen molar-refractivity contribution in [2.45, 2.75) is 5.16 Å². The van der Waals surface area contributed by atoms with E-state index in [1.165, 1.54) is 21.2 Å². The molecule has 1 aliphatic rings. The number of rotatable bonds is 6. The van der Waals surface area contributed by atoms with Crippen LogP contribution in [0.4, 0.5) is 0 Å². The molecule has 2 amide bonds. The molecule has 0 aliphatic carbocycles. The maximum Gasteiger partial charge on any atom is 0.266 e. The number of aromatic nitrogens is 2. The van der Waals surface area contributed by atoms with Crippen LogP contribution in [0.3, 0.4) is 0 Å². The lowest BCUT2D eigenvalue weighted by Crippen LogP contribution is -2.32. The molecule has 7 nitrogen and oxygen atoms in total. The molecule has 5 rings (SSSR count). The summed E-state index contributed by atoms with van der Waals surface area (Å²) in [6.45, 7) is 0.200. The van der Waals surface area contributed by atoms with Gasteiger partial charge in [0.1, 0.15) is 5.75 Å². The summed E-state index contributed by atoms with van der Waals surface area (Å²) >= 11 is 1.31. The molecule has 1 aliphatic heterocycles. The van der Waals surface area contributed by atoms with Crippen LogP contribution in [-0.2, 0) is 0 Å². The smallest absolute Gasteiger partial charge is 0.266 e. The number of fused-ring (bicyclic) bond motifs is 2. The van der Waals surface area contributed by atoms with Gasteiger partial charge in [0.15, 0.2) is 5.16 Å². The molecule has 164 valence electrons. The highest BCUT2D eigenvalue weighted by Crippen LogP contribution is 2.28. The molecule has 0 atom stereocenters. The van der Waals surface area contributed by atoms with Crippen molar-refractivity contribution in [1.82, 2.24) is 14.5 Å². The number of ether oxygens (including phenoxy) is 1. The molecule has 0 N–H and O–H groups in total. The maximum atomic E-state index is 13.4. The van der Waals surface area contributed by atoms with Gasteiger partial charge in [-0.3, -0.25) is 23.9 Å². The van der Waals surface area contributed by atoms with E-state index in [4.69, 9.17) is 9.72 Å². The minimum Gasteiger partial charge on any atom is -0.495 e. The van der Waals surface area contributed by atoms with Crippen LogP contribution in [0, 0.1) is 0 Å². The van der Waals surface area contributed by atoms with Crippen molar-refractivity contribution < 1.29 is 14.3 Å².